The van der Waals surface area contributed by atoms with Gasteiger partial charge >= 0.3 is 4.87 Å². The van der Waals surface area contributed by atoms with Crippen molar-refractivity contribution in [3.63, 3.8) is 0 Å². The molecule has 118 valence electrons. The maximum atomic E-state index is 11.8. The second-order valence-corrected chi connectivity index (χ2v) is 6.63. The van der Waals surface area contributed by atoms with Gasteiger partial charge in [0.2, 0.25) is 0 Å². The highest BCUT2D eigenvalue weighted by Crippen LogP contribution is 2.15. The van der Waals surface area contributed by atoms with Crippen LogP contribution in [0.25, 0.3) is 0 Å². The van der Waals surface area contributed by atoms with Gasteiger partial charge in [-0.25, -0.2) is 0 Å². The Bertz CT molecular complexity index is 649. The van der Waals surface area contributed by atoms with Gasteiger partial charge in [0.25, 0.3) is 0 Å². The molecule has 1 aliphatic heterocycles. The van der Waals surface area contributed by atoms with Crippen molar-refractivity contribution >= 4 is 17.0 Å². The minimum Gasteiger partial charge on any atom is -0.370 e. The van der Waals surface area contributed by atoms with Crippen LogP contribution < -0.4 is 9.77 Å². The molecule has 0 amide bonds. The van der Waals surface area contributed by atoms with Crippen molar-refractivity contribution in [2.75, 3.05) is 37.6 Å². The molecular formula is C17H23N3OS. The van der Waals surface area contributed by atoms with Crippen LogP contribution in [0.1, 0.15) is 12.1 Å². The largest absolute Gasteiger partial charge is 0.370 e. The van der Waals surface area contributed by atoms with Crippen LogP contribution in [0.3, 0.4) is 0 Å². The normalized spacial score (nSPS) is 16.7. The third-order valence-corrected chi connectivity index (χ3v) is 5.21. The molecule has 1 aromatic heterocycles. The van der Waals surface area contributed by atoms with Gasteiger partial charge in [-0.1, -0.05) is 29.5 Å². The summed E-state index contributed by atoms with van der Waals surface area (Å²) in [5.74, 6) is 0. The molecule has 4 nitrogen and oxygen atoms in total. The Morgan fingerprint density at radius 1 is 1.05 bits per heavy atom. The van der Waals surface area contributed by atoms with Crippen LogP contribution in [0.4, 0.5) is 5.69 Å². The summed E-state index contributed by atoms with van der Waals surface area (Å²) in [6.07, 6.45) is 1.17. The standard InChI is InChI=1S/C17H23N3OS/c1-15-14-22-17(21)20(15)13-11-18-8-5-9-19(12-10-18)16-6-3-2-4-7-16/h2-4,6-7,14H,5,8-13H2,1H3. The van der Waals surface area contributed by atoms with E-state index in [1.54, 1.807) is 0 Å². The molecule has 0 saturated carbocycles. The monoisotopic (exact) mass is 317 g/mol. The van der Waals surface area contributed by atoms with E-state index in [0.717, 1.165) is 45.0 Å². The third-order valence-electron chi connectivity index (χ3n) is 4.33. The Labute approximate surface area is 135 Å². The fraction of sp³-hybridized carbons (Fsp3) is 0.471. The van der Waals surface area contributed by atoms with Gasteiger partial charge < -0.3 is 9.47 Å². The second-order valence-electron chi connectivity index (χ2n) is 5.81. The molecule has 1 saturated heterocycles. The lowest BCUT2D eigenvalue weighted by atomic mass is 10.3. The van der Waals surface area contributed by atoms with Gasteiger partial charge in [0.1, 0.15) is 0 Å². The van der Waals surface area contributed by atoms with Gasteiger partial charge in [0, 0.05) is 49.5 Å². The van der Waals surface area contributed by atoms with Gasteiger partial charge in [0.05, 0.1) is 0 Å². The quantitative estimate of drug-likeness (QED) is 0.867. The Hall–Kier alpha value is -1.59. The number of benzene rings is 1. The van der Waals surface area contributed by atoms with E-state index < -0.39 is 0 Å². The van der Waals surface area contributed by atoms with Crippen molar-refractivity contribution in [1.29, 1.82) is 0 Å². The number of anilines is 1. The summed E-state index contributed by atoms with van der Waals surface area (Å²) in [5, 5.41) is 1.95. The van der Waals surface area contributed by atoms with E-state index in [1.807, 2.05) is 16.9 Å². The molecule has 0 atom stereocenters. The van der Waals surface area contributed by atoms with Crippen molar-refractivity contribution < 1.29 is 0 Å². The zero-order valence-corrected chi connectivity index (χ0v) is 13.9. The topological polar surface area (TPSA) is 28.5 Å². The first-order chi connectivity index (χ1) is 10.7. The molecule has 0 spiro atoms. The summed E-state index contributed by atoms with van der Waals surface area (Å²) in [5.41, 5.74) is 2.39. The highest BCUT2D eigenvalue weighted by atomic mass is 32.1. The molecule has 0 aliphatic carbocycles. The summed E-state index contributed by atoms with van der Waals surface area (Å²) in [7, 11) is 0. The Balaban J connectivity index is 1.56. The van der Waals surface area contributed by atoms with Crippen LogP contribution in [0.2, 0.25) is 0 Å². The van der Waals surface area contributed by atoms with E-state index in [-0.39, 0.29) is 4.87 Å². The summed E-state index contributed by atoms with van der Waals surface area (Å²) in [4.78, 5) is 16.9. The van der Waals surface area contributed by atoms with Crippen LogP contribution in [-0.4, -0.2) is 42.2 Å². The van der Waals surface area contributed by atoms with Crippen molar-refractivity contribution in [3.8, 4) is 0 Å². The summed E-state index contributed by atoms with van der Waals surface area (Å²) in [6.45, 7) is 8.12. The molecule has 1 aliphatic rings. The molecule has 0 unspecified atom stereocenters. The number of hydrogen-bond acceptors (Lipinski definition) is 4. The van der Waals surface area contributed by atoms with Gasteiger partial charge in [0.15, 0.2) is 0 Å². The fourth-order valence-corrected chi connectivity index (χ4v) is 3.77. The summed E-state index contributed by atoms with van der Waals surface area (Å²) in [6, 6.07) is 10.6. The Kier molecular flexibility index (Phi) is 4.95. The van der Waals surface area contributed by atoms with Crippen LogP contribution in [-0.2, 0) is 6.54 Å². The van der Waals surface area contributed by atoms with Crippen molar-refractivity contribution in [2.45, 2.75) is 19.9 Å². The van der Waals surface area contributed by atoms with E-state index in [0.29, 0.717) is 0 Å². The first-order valence-corrected chi connectivity index (χ1v) is 8.79. The van der Waals surface area contributed by atoms with E-state index >= 15 is 0 Å². The van der Waals surface area contributed by atoms with Crippen LogP contribution in [0.5, 0.6) is 0 Å². The molecular weight excluding hydrogens is 294 g/mol. The number of para-hydroxylation sites is 1. The Morgan fingerprint density at radius 3 is 2.59 bits per heavy atom. The zero-order valence-electron chi connectivity index (χ0n) is 13.1. The lowest BCUT2D eigenvalue weighted by Crippen LogP contribution is -2.34. The molecule has 0 radical (unpaired) electrons. The van der Waals surface area contributed by atoms with Gasteiger partial charge in [-0.3, -0.25) is 9.69 Å². The number of rotatable bonds is 4. The lowest BCUT2D eigenvalue weighted by Gasteiger charge is -2.23. The first-order valence-electron chi connectivity index (χ1n) is 7.91. The van der Waals surface area contributed by atoms with Crippen molar-refractivity contribution in [2.24, 2.45) is 0 Å². The SMILES string of the molecule is Cc1csc(=O)n1CCN1CCCN(c2ccccc2)CC1. The Morgan fingerprint density at radius 2 is 1.86 bits per heavy atom. The molecule has 0 bridgehead atoms. The molecule has 22 heavy (non-hydrogen) atoms. The van der Waals surface area contributed by atoms with Crippen molar-refractivity contribution in [3.05, 3.63) is 51.1 Å². The maximum absolute atomic E-state index is 11.8. The lowest BCUT2D eigenvalue weighted by molar-refractivity contribution is 0.279. The van der Waals surface area contributed by atoms with Gasteiger partial charge in [-0.15, -0.1) is 0 Å². The van der Waals surface area contributed by atoms with Gasteiger partial charge in [-0.2, -0.15) is 0 Å². The molecule has 1 fully saturated rings. The van der Waals surface area contributed by atoms with E-state index in [1.165, 1.54) is 23.4 Å². The van der Waals surface area contributed by atoms with Gasteiger partial charge in [-0.05, 0) is 32.0 Å². The smallest absolute Gasteiger partial charge is 0.307 e. The molecule has 1 aromatic carbocycles. The average molecular weight is 317 g/mol. The van der Waals surface area contributed by atoms with Crippen LogP contribution in [0.15, 0.2) is 40.5 Å². The van der Waals surface area contributed by atoms with E-state index in [9.17, 15) is 4.79 Å². The number of aromatic nitrogens is 1. The zero-order chi connectivity index (χ0) is 15.4. The first kappa shape index (κ1) is 15.3. The van der Waals surface area contributed by atoms with Crippen LogP contribution in [0, 0.1) is 6.92 Å². The fourth-order valence-electron chi connectivity index (χ4n) is 3.01. The number of aryl methyl sites for hydroxylation is 1. The summed E-state index contributed by atoms with van der Waals surface area (Å²) >= 11 is 1.30. The predicted molar refractivity (Wildman–Crippen MR) is 93.0 cm³/mol. The number of hydrogen-bond donors (Lipinski definition) is 0. The second kappa shape index (κ2) is 7.11. The molecule has 2 aromatic rings. The molecule has 3 rings (SSSR count). The molecule has 0 N–H and O–H groups in total. The van der Waals surface area contributed by atoms with Crippen LogP contribution >= 0.6 is 11.3 Å². The predicted octanol–water partition coefficient (Wildman–Crippen LogP) is 2.43. The maximum Gasteiger partial charge on any atom is 0.307 e. The van der Waals surface area contributed by atoms with Crippen molar-refractivity contribution in [1.82, 2.24) is 9.47 Å². The van der Waals surface area contributed by atoms with E-state index in [2.05, 4.69) is 40.1 Å². The minimum atomic E-state index is 0.165. The summed E-state index contributed by atoms with van der Waals surface area (Å²) < 4.78 is 1.89. The highest BCUT2D eigenvalue weighted by molar-refractivity contribution is 7.07. The minimum absolute atomic E-state index is 0.165. The highest BCUT2D eigenvalue weighted by Gasteiger charge is 2.15. The molecule has 2 heterocycles. The van der Waals surface area contributed by atoms with E-state index in [4.69, 9.17) is 0 Å². The number of thiazole rings is 1. The number of nitrogens with zero attached hydrogens (tertiary/aromatic N) is 3. The average Bonchev–Trinajstić information content (AvgIpc) is 2.75. The third kappa shape index (κ3) is 3.59. The molecule has 5 heteroatoms.